The van der Waals surface area contributed by atoms with Gasteiger partial charge in [0.15, 0.2) is 0 Å². The molecule has 1 aromatic heterocycles. The molecule has 4 heteroatoms. The van der Waals surface area contributed by atoms with E-state index in [1.165, 1.54) is 4.57 Å². The molecule has 0 aliphatic carbocycles. The number of ether oxygens (including phenoxy) is 1. The van der Waals surface area contributed by atoms with Crippen molar-refractivity contribution in [2.75, 3.05) is 0 Å². The van der Waals surface area contributed by atoms with Gasteiger partial charge in [-0.25, -0.2) is 4.57 Å². The van der Waals surface area contributed by atoms with Crippen LogP contribution in [0.5, 0.6) is 5.75 Å². The van der Waals surface area contributed by atoms with E-state index in [1.807, 2.05) is 25.2 Å². The molecule has 1 heterocycles. The second-order valence-electron chi connectivity index (χ2n) is 3.17. The van der Waals surface area contributed by atoms with E-state index < -0.39 is 6.09 Å². The Hall–Kier alpha value is -2.10. The number of rotatable bonds is 1. The number of nitrogens with zero attached hydrogens (tertiary/aromatic N) is 2. The summed E-state index contributed by atoms with van der Waals surface area (Å²) in [6.45, 7) is 0. The van der Waals surface area contributed by atoms with Crippen molar-refractivity contribution in [2.24, 2.45) is 7.05 Å². The van der Waals surface area contributed by atoms with Crippen molar-refractivity contribution in [2.45, 2.75) is 0 Å². The molecule has 4 nitrogen and oxygen atoms in total. The number of aryl methyl sites for hydroxylation is 1. The number of carbonyl (C=O) groups is 1. The molecular weight excluding hydrogens is 192 g/mol. The summed E-state index contributed by atoms with van der Waals surface area (Å²) in [6.07, 6.45) is 4.64. The first-order valence-electron chi connectivity index (χ1n) is 4.56. The highest BCUT2D eigenvalue weighted by Gasteiger charge is 2.13. The van der Waals surface area contributed by atoms with Gasteiger partial charge in [-0.05, 0) is 12.1 Å². The first-order chi connectivity index (χ1) is 7.25. The molecule has 15 heavy (non-hydrogen) atoms. The maximum absolute atomic E-state index is 11.6. The van der Waals surface area contributed by atoms with E-state index >= 15 is 0 Å². The smallest absolute Gasteiger partial charge is 0.392 e. The van der Waals surface area contributed by atoms with Crippen molar-refractivity contribution >= 4 is 6.09 Å². The van der Waals surface area contributed by atoms with Crippen LogP contribution in [0.2, 0.25) is 0 Å². The molecule has 0 spiro atoms. The summed E-state index contributed by atoms with van der Waals surface area (Å²) < 4.78 is 8.28. The Labute approximate surface area is 87.3 Å². The van der Waals surface area contributed by atoms with Gasteiger partial charge < -0.3 is 4.74 Å². The van der Waals surface area contributed by atoms with E-state index in [0.29, 0.717) is 5.75 Å². The summed E-state index contributed by atoms with van der Waals surface area (Å²) in [4.78, 5) is 11.6. The largest absolute Gasteiger partial charge is 0.517 e. The molecule has 0 amide bonds. The lowest BCUT2D eigenvalue weighted by molar-refractivity contribution is -0.670. The maximum Gasteiger partial charge on any atom is 0.517 e. The molecule has 0 aliphatic heterocycles. The number of hydrogen-bond acceptors (Lipinski definition) is 2. The minimum atomic E-state index is -0.415. The third kappa shape index (κ3) is 2.22. The first-order valence-corrected chi connectivity index (χ1v) is 4.56. The highest BCUT2D eigenvalue weighted by Crippen LogP contribution is 2.08. The molecule has 2 aromatic rings. The second-order valence-corrected chi connectivity index (χ2v) is 3.17. The van der Waals surface area contributed by atoms with Gasteiger partial charge >= 0.3 is 6.09 Å². The molecule has 0 saturated carbocycles. The summed E-state index contributed by atoms with van der Waals surface area (Å²) in [6, 6.07) is 8.98. The van der Waals surface area contributed by atoms with E-state index in [0.717, 1.165) is 0 Å². The summed E-state index contributed by atoms with van der Waals surface area (Å²) in [5.74, 6) is 0.541. The number of para-hydroxylation sites is 1. The predicted octanol–water partition coefficient (Wildman–Crippen LogP) is 1.36. The molecule has 0 N–H and O–H groups in total. The molecule has 0 saturated heterocycles. The minimum Gasteiger partial charge on any atom is -0.392 e. The average molecular weight is 203 g/mol. The molecule has 0 bridgehead atoms. The van der Waals surface area contributed by atoms with Crippen LogP contribution in [0.4, 0.5) is 4.79 Å². The van der Waals surface area contributed by atoms with Crippen LogP contribution in [0.3, 0.4) is 0 Å². The van der Waals surface area contributed by atoms with Crippen LogP contribution in [0.25, 0.3) is 0 Å². The minimum absolute atomic E-state index is 0.415. The third-order valence-electron chi connectivity index (χ3n) is 1.93. The maximum atomic E-state index is 11.6. The van der Waals surface area contributed by atoms with Gasteiger partial charge in [-0.2, -0.15) is 4.79 Å². The van der Waals surface area contributed by atoms with E-state index in [-0.39, 0.29) is 0 Å². The van der Waals surface area contributed by atoms with Crippen molar-refractivity contribution in [3.63, 3.8) is 0 Å². The van der Waals surface area contributed by atoms with Crippen molar-refractivity contribution in [3.8, 4) is 5.75 Å². The topological polar surface area (TPSA) is 35.1 Å². The van der Waals surface area contributed by atoms with Gasteiger partial charge in [0.2, 0.25) is 0 Å². The number of benzene rings is 1. The van der Waals surface area contributed by atoms with Crippen LogP contribution < -0.4 is 9.30 Å². The summed E-state index contributed by atoms with van der Waals surface area (Å²) in [5, 5.41) is 0. The molecule has 0 aliphatic rings. The normalized spacial score (nSPS) is 9.93. The first kappa shape index (κ1) is 9.45. The van der Waals surface area contributed by atoms with E-state index in [1.54, 1.807) is 35.4 Å². The number of hydrogen-bond donors (Lipinski definition) is 0. The van der Waals surface area contributed by atoms with E-state index in [9.17, 15) is 4.79 Å². The fraction of sp³-hybridized carbons (Fsp3) is 0.0909. The van der Waals surface area contributed by atoms with Crippen LogP contribution >= 0.6 is 0 Å². The van der Waals surface area contributed by atoms with Crippen LogP contribution in [0.1, 0.15) is 0 Å². The van der Waals surface area contributed by atoms with Gasteiger partial charge in [0, 0.05) is 0 Å². The lowest BCUT2D eigenvalue weighted by atomic mass is 10.3. The fourth-order valence-corrected chi connectivity index (χ4v) is 1.20. The van der Waals surface area contributed by atoms with Crippen LogP contribution in [-0.4, -0.2) is 10.7 Å². The Morgan fingerprint density at radius 2 is 2.07 bits per heavy atom. The third-order valence-corrected chi connectivity index (χ3v) is 1.93. The Balaban J connectivity index is 2.11. The SMILES string of the molecule is C[n+]1ccn(C(=O)Oc2ccccc2)c1. The van der Waals surface area contributed by atoms with Crippen molar-refractivity contribution in [1.82, 2.24) is 4.57 Å². The quantitative estimate of drug-likeness (QED) is 0.656. The number of imidazole rings is 1. The Morgan fingerprint density at radius 1 is 1.33 bits per heavy atom. The summed E-state index contributed by atoms with van der Waals surface area (Å²) >= 11 is 0. The molecular formula is C11H11N2O2+. The van der Waals surface area contributed by atoms with Gasteiger partial charge in [-0.15, -0.1) is 4.57 Å². The van der Waals surface area contributed by atoms with Gasteiger partial charge in [-0.3, -0.25) is 0 Å². The molecule has 0 atom stereocenters. The highest BCUT2D eigenvalue weighted by atomic mass is 16.6. The van der Waals surface area contributed by atoms with Crippen molar-refractivity contribution in [1.29, 1.82) is 0 Å². The Kier molecular flexibility index (Phi) is 2.49. The van der Waals surface area contributed by atoms with E-state index in [4.69, 9.17) is 4.74 Å². The second kappa shape index (κ2) is 3.96. The van der Waals surface area contributed by atoms with Crippen molar-refractivity contribution < 1.29 is 14.1 Å². The zero-order valence-corrected chi connectivity index (χ0v) is 8.33. The van der Waals surface area contributed by atoms with Crippen LogP contribution in [0.15, 0.2) is 49.1 Å². The van der Waals surface area contributed by atoms with Gasteiger partial charge in [0.05, 0.1) is 7.05 Å². The predicted molar refractivity (Wildman–Crippen MR) is 53.5 cm³/mol. The van der Waals surface area contributed by atoms with Gasteiger partial charge in [-0.1, -0.05) is 18.2 Å². The van der Waals surface area contributed by atoms with Gasteiger partial charge in [0.25, 0.3) is 6.33 Å². The number of carbonyl (C=O) groups excluding carboxylic acids is 1. The zero-order chi connectivity index (χ0) is 10.7. The van der Waals surface area contributed by atoms with Gasteiger partial charge in [0.1, 0.15) is 18.1 Å². The monoisotopic (exact) mass is 203 g/mol. The van der Waals surface area contributed by atoms with Crippen molar-refractivity contribution in [3.05, 3.63) is 49.1 Å². The zero-order valence-electron chi connectivity index (χ0n) is 8.33. The Bertz CT molecular complexity index is 462. The fourth-order valence-electron chi connectivity index (χ4n) is 1.20. The molecule has 2 rings (SSSR count). The molecule has 0 unspecified atom stereocenters. The molecule has 0 fully saturated rings. The average Bonchev–Trinajstić information content (AvgIpc) is 2.66. The number of aromatic nitrogens is 2. The lowest BCUT2D eigenvalue weighted by Crippen LogP contribution is -2.25. The summed E-state index contributed by atoms with van der Waals surface area (Å²) in [7, 11) is 1.84. The van der Waals surface area contributed by atoms with Crippen LogP contribution in [0, 0.1) is 0 Å². The molecule has 1 aromatic carbocycles. The molecule has 76 valence electrons. The summed E-state index contributed by atoms with van der Waals surface area (Å²) in [5.41, 5.74) is 0. The highest BCUT2D eigenvalue weighted by molar-refractivity contribution is 5.72. The molecule has 0 radical (unpaired) electrons. The standard InChI is InChI=1S/C11H11N2O2/c1-12-7-8-13(9-12)11(14)15-10-5-3-2-4-6-10/h2-9H,1H3/q+1. The lowest BCUT2D eigenvalue weighted by Gasteiger charge is -1.98. The van der Waals surface area contributed by atoms with E-state index in [2.05, 4.69) is 0 Å². The Morgan fingerprint density at radius 3 is 2.67 bits per heavy atom. The van der Waals surface area contributed by atoms with Crippen LogP contribution in [-0.2, 0) is 7.05 Å².